The van der Waals surface area contributed by atoms with Gasteiger partial charge >= 0.3 is 5.97 Å². The van der Waals surface area contributed by atoms with Crippen LogP contribution in [0.4, 0.5) is 0 Å². The van der Waals surface area contributed by atoms with Gasteiger partial charge in [0.15, 0.2) is 0 Å². The molecule has 0 aromatic rings. The van der Waals surface area contributed by atoms with Gasteiger partial charge < -0.3 is 24.1 Å². The van der Waals surface area contributed by atoms with Gasteiger partial charge in [0.2, 0.25) is 0 Å². The largest absolute Gasteiger partial charge is 0.481 e. The first kappa shape index (κ1) is 23.5. The van der Waals surface area contributed by atoms with E-state index in [0.29, 0.717) is 46.2 Å². The van der Waals surface area contributed by atoms with Gasteiger partial charge in [0.25, 0.3) is 0 Å². The van der Waals surface area contributed by atoms with Crippen LogP contribution in [0.2, 0.25) is 0 Å². The maximum Gasteiger partial charge on any atom is 0.309 e. The highest BCUT2D eigenvalue weighted by Crippen LogP contribution is 2.26. The standard InChI is InChI=1S/C17H31BrO6/c1-17(2,3)15(16(19)20)14-24-13-12-23-11-10-22-9-8-21-7-5-4-6-18/h4-5,15H,6-14H2,1-3H3,(H,19,20). The molecule has 0 fully saturated rings. The highest BCUT2D eigenvalue weighted by atomic mass is 79.9. The van der Waals surface area contributed by atoms with Crippen molar-refractivity contribution in [3.8, 4) is 0 Å². The lowest BCUT2D eigenvalue weighted by atomic mass is 9.81. The average molecular weight is 411 g/mol. The van der Waals surface area contributed by atoms with Gasteiger partial charge in [-0.1, -0.05) is 48.9 Å². The van der Waals surface area contributed by atoms with Crippen molar-refractivity contribution in [3.63, 3.8) is 0 Å². The van der Waals surface area contributed by atoms with Crippen molar-refractivity contribution in [2.75, 3.05) is 58.2 Å². The van der Waals surface area contributed by atoms with Crippen LogP contribution in [0.3, 0.4) is 0 Å². The van der Waals surface area contributed by atoms with Crippen molar-refractivity contribution in [1.29, 1.82) is 0 Å². The smallest absolute Gasteiger partial charge is 0.309 e. The highest BCUT2D eigenvalue weighted by molar-refractivity contribution is 9.09. The first-order valence-electron chi connectivity index (χ1n) is 8.14. The van der Waals surface area contributed by atoms with Crippen LogP contribution in [0.15, 0.2) is 12.2 Å². The van der Waals surface area contributed by atoms with Crippen molar-refractivity contribution in [1.82, 2.24) is 0 Å². The minimum Gasteiger partial charge on any atom is -0.481 e. The zero-order valence-corrected chi connectivity index (χ0v) is 16.5. The lowest BCUT2D eigenvalue weighted by molar-refractivity contribution is -0.148. The Morgan fingerprint density at radius 1 is 0.958 bits per heavy atom. The second-order valence-electron chi connectivity index (χ2n) is 6.26. The topological polar surface area (TPSA) is 74.2 Å². The number of carbonyl (C=O) groups is 1. The van der Waals surface area contributed by atoms with E-state index >= 15 is 0 Å². The van der Waals surface area contributed by atoms with Crippen molar-refractivity contribution < 1.29 is 28.8 Å². The van der Waals surface area contributed by atoms with E-state index in [9.17, 15) is 4.79 Å². The summed E-state index contributed by atoms with van der Waals surface area (Å²) < 4.78 is 21.4. The predicted molar refractivity (Wildman–Crippen MR) is 96.8 cm³/mol. The molecule has 0 bridgehead atoms. The van der Waals surface area contributed by atoms with E-state index in [4.69, 9.17) is 24.1 Å². The van der Waals surface area contributed by atoms with Crippen LogP contribution < -0.4 is 0 Å². The molecule has 0 rings (SSSR count). The van der Waals surface area contributed by atoms with E-state index in [1.54, 1.807) is 0 Å². The quantitative estimate of drug-likeness (QED) is 0.254. The SMILES string of the molecule is CC(C)(C)C(COCCOCCOCCOCC=CCBr)C(=O)O. The molecule has 1 N–H and O–H groups in total. The number of carboxylic acids is 1. The summed E-state index contributed by atoms with van der Waals surface area (Å²) >= 11 is 3.29. The van der Waals surface area contributed by atoms with Crippen molar-refractivity contribution in [2.45, 2.75) is 20.8 Å². The Labute approximate surface area is 153 Å². The molecule has 0 aliphatic rings. The van der Waals surface area contributed by atoms with E-state index in [1.807, 2.05) is 32.9 Å². The maximum atomic E-state index is 11.2. The summed E-state index contributed by atoms with van der Waals surface area (Å²) in [5.74, 6) is -1.35. The summed E-state index contributed by atoms with van der Waals surface area (Å²) in [5.41, 5.74) is -0.327. The number of aliphatic carboxylic acids is 1. The number of hydrogen-bond acceptors (Lipinski definition) is 5. The van der Waals surface area contributed by atoms with E-state index in [-0.39, 0.29) is 12.0 Å². The number of allylic oxidation sites excluding steroid dienone is 1. The molecule has 0 aliphatic heterocycles. The summed E-state index contributed by atoms with van der Waals surface area (Å²) in [5, 5.41) is 10.0. The fraction of sp³-hybridized carbons (Fsp3) is 0.824. The van der Waals surface area contributed by atoms with Crippen LogP contribution in [0.1, 0.15) is 20.8 Å². The lowest BCUT2D eigenvalue weighted by Gasteiger charge is -2.26. The minimum absolute atomic E-state index is 0.194. The Hall–Kier alpha value is -0.470. The van der Waals surface area contributed by atoms with Crippen LogP contribution >= 0.6 is 15.9 Å². The molecule has 0 amide bonds. The van der Waals surface area contributed by atoms with Gasteiger partial charge in [-0.3, -0.25) is 4.79 Å². The Balaban J connectivity index is 3.39. The first-order chi connectivity index (χ1) is 11.4. The zero-order valence-electron chi connectivity index (χ0n) is 15.0. The van der Waals surface area contributed by atoms with Crippen LogP contribution in [0.25, 0.3) is 0 Å². The molecule has 0 saturated carbocycles. The molecule has 7 heteroatoms. The van der Waals surface area contributed by atoms with Crippen molar-refractivity contribution in [2.24, 2.45) is 11.3 Å². The molecule has 0 aromatic heterocycles. The molecule has 0 spiro atoms. The maximum absolute atomic E-state index is 11.2. The number of alkyl halides is 1. The molecule has 0 radical (unpaired) electrons. The van der Waals surface area contributed by atoms with Crippen molar-refractivity contribution >= 4 is 21.9 Å². The Morgan fingerprint density at radius 2 is 1.46 bits per heavy atom. The van der Waals surface area contributed by atoms with Crippen molar-refractivity contribution in [3.05, 3.63) is 12.2 Å². The predicted octanol–water partition coefficient (Wildman–Crippen LogP) is 2.75. The second-order valence-corrected chi connectivity index (χ2v) is 6.90. The van der Waals surface area contributed by atoms with Gasteiger partial charge in [-0.15, -0.1) is 0 Å². The third-order valence-electron chi connectivity index (χ3n) is 3.21. The van der Waals surface area contributed by atoms with Crippen LogP contribution in [-0.2, 0) is 23.7 Å². The summed E-state index contributed by atoms with van der Waals surface area (Å²) in [4.78, 5) is 11.2. The molecular formula is C17H31BrO6. The normalized spacial score (nSPS) is 13.5. The van der Waals surface area contributed by atoms with Gasteiger partial charge in [-0.25, -0.2) is 0 Å². The van der Waals surface area contributed by atoms with Crippen LogP contribution in [0.5, 0.6) is 0 Å². The van der Waals surface area contributed by atoms with E-state index in [2.05, 4.69) is 15.9 Å². The zero-order chi connectivity index (χ0) is 18.3. The second kappa shape index (κ2) is 14.8. The molecular weight excluding hydrogens is 380 g/mol. The minimum atomic E-state index is -0.832. The van der Waals surface area contributed by atoms with Gasteiger partial charge in [-0.2, -0.15) is 0 Å². The molecule has 6 nitrogen and oxygen atoms in total. The van der Waals surface area contributed by atoms with E-state index in [1.165, 1.54) is 0 Å². The Kier molecular flexibility index (Phi) is 14.5. The molecule has 0 aliphatic carbocycles. The monoisotopic (exact) mass is 410 g/mol. The summed E-state index contributed by atoms with van der Waals surface area (Å²) in [6, 6.07) is 0. The fourth-order valence-corrected chi connectivity index (χ4v) is 2.00. The first-order valence-corrected chi connectivity index (χ1v) is 9.26. The summed E-state index contributed by atoms with van der Waals surface area (Å²) in [6.45, 7) is 9.34. The van der Waals surface area contributed by atoms with Gasteiger partial charge in [-0.05, 0) is 5.41 Å². The number of carboxylic acid groups (broad SMARTS) is 1. The molecule has 142 valence electrons. The van der Waals surface area contributed by atoms with Crippen LogP contribution in [-0.4, -0.2) is 69.3 Å². The molecule has 0 heterocycles. The molecule has 1 unspecified atom stereocenters. The van der Waals surface area contributed by atoms with Crippen LogP contribution in [0, 0.1) is 11.3 Å². The lowest BCUT2D eigenvalue weighted by Crippen LogP contribution is -2.32. The molecule has 0 saturated heterocycles. The van der Waals surface area contributed by atoms with E-state index in [0.717, 1.165) is 5.33 Å². The number of hydrogen-bond donors (Lipinski definition) is 1. The average Bonchev–Trinajstić information content (AvgIpc) is 2.49. The molecule has 24 heavy (non-hydrogen) atoms. The summed E-state index contributed by atoms with van der Waals surface area (Å²) in [7, 11) is 0. The van der Waals surface area contributed by atoms with Gasteiger partial charge in [0.05, 0.1) is 58.8 Å². The van der Waals surface area contributed by atoms with Gasteiger partial charge in [0, 0.05) is 5.33 Å². The highest BCUT2D eigenvalue weighted by Gasteiger charge is 2.31. The number of halogens is 1. The Bertz CT molecular complexity index is 340. The van der Waals surface area contributed by atoms with Gasteiger partial charge in [0.1, 0.15) is 0 Å². The fourth-order valence-electron chi connectivity index (χ4n) is 1.73. The Morgan fingerprint density at radius 3 is 1.92 bits per heavy atom. The third-order valence-corrected chi connectivity index (χ3v) is 3.59. The number of rotatable bonds is 15. The van der Waals surface area contributed by atoms with E-state index < -0.39 is 11.9 Å². The molecule has 1 atom stereocenters. The third kappa shape index (κ3) is 13.9. The summed E-state index contributed by atoms with van der Waals surface area (Å²) in [6.07, 6.45) is 3.93. The number of ether oxygens (including phenoxy) is 4. The molecule has 0 aromatic carbocycles.